The van der Waals surface area contributed by atoms with Gasteiger partial charge in [0.05, 0.1) is 19.9 Å². The van der Waals surface area contributed by atoms with Crippen LogP contribution in [0.3, 0.4) is 0 Å². The minimum absolute atomic E-state index is 0. The van der Waals surface area contributed by atoms with Crippen molar-refractivity contribution < 1.29 is 14.0 Å². The number of hydrogen-bond donors (Lipinski definition) is 1. The van der Waals surface area contributed by atoms with Gasteiger partial charge in [0.15, 0.2) is 17.1 Å². The second kappa shape index (κ2) is 6.45. The first-order valence-electron chi connectivity index (χ1n) is 6.55. The molecule has 0 amide bonds. The molecule has 1 aromatic heterocycles. The number of aromatic nitrogens is 1. The maximum Gasteiger partial charge on any atom is 0.171 e. The molecule has 0 spiro atoms. The molecule has 110 valence electrons. The summed E-state index contributed by atoms with van der Waals surface area (Å²) in [6.45, 7) is 2.07. The third-order valence-corrected chi connectivity index (χ3v) is 3.73. The van der Waals surface area contributed by atoms with E-state index in [9.17, 15) is 0 Å². The van der Waals surface area contributed by atoms with Crippen LogP contribution in [0, 0.1) is 0 Å². The molecule has 1 N–H and O–H groups in total. The van der Waals surface area contributed by atoms with E-state index in [2.05, 4.69) is 10.5 Å². The van der Waals surface area contributed by atoms with Gasteiger partial charge in [-0.05, 0) is 32.0 Å². The highest BCUT2D eigenvalue weighted by Crippen LogP contribution is 2.37. The lowest BCUT2D eigenvalue weighted by Gasteiger charge is -2.20. The highest BCUT2D eigenvalue weighted by molar-refractivity contribution is 8.93. The largest absolute Gasteiger partial charge is 0.493 e. The lowest BCUT2D eigenvalue weighted by Crippen LogP contribution is -2.26. The number of hydrogen-bond acceptors (Lipinski definition) is 5. The highest BCUT2D eigenvalue weighted by atomic mass is 79.9. The highest BCUT2D eigenvalue weighted by Gasteiger charge is 2.22. The van der Waals surface area contributed by atoms with E-state index in [-0.39, 0.29) is 17.0 Å². The zero-order chi connectivity index (χ0) is 13.2. The van der Waals surface area contributed by atoms with Gasteiger partial charge >= 0.3 is 0 Å². The summed E-state index contributed by atoms with van der Waals surface area (Å²) in [5.41, 5.74) is 1.80. The maximum absolute atomic E-state index is 5.44. The molecule has 5 nitrogen and oxygen atoms in total. The fourth-order valence-corrected chi connectivity index (χ4v) is 2.67. The van der Waals surface area contributed by atoms with Crippen LogP contribution in [0.25, 0.3) is 11.0 Å². The molecule has 2 aromatic rings. The smallest absolute Gasteiger partial charge is 0.171 e. The number of fused-ring (bicyclic) bond motifs is 1. The number of ether oxygens (including phenoxy) is 2. The molecule has 20 heavy (non-hydrogen) atoms. The van der Waals surface area contributed by atoms with Crippen molar-refractivity contribution in [3.63, 3.8) is 0 Å². The van der Waals surface area contributed by atoms with Crippen LogP contribution >= 0.6 is 17.0 Å². The summed E-state index contributed by atoms with van der Waals surface area (Å²) in [6.07, 6.45) is 2.19. The number of nitrogens with one attached hydrogen (secondary N) is 1. The molecule has 2 heterocycles. The quantitative estimate of drug-likeness (QED) is 0.929. The Morgan fingerprint density at radius 3 is 2.45 bits per heavy atom. The van der Waals surface area contributed by atoms with E-state index in [1.54, 1.807) is 14.2 Å². The van der Waals surface area contributed by atoms with Crippen LogP contribution in [-0.2, 0) is 0 Å². The molecule has 1 aliphatic heterocycles. The van der Waals surface area contributed by atoms with Crippen LogP contribution in [-0.4, -0.2) is 32.5 Å². The third kappa shape index (κ3) is 2.62. The summed E-state index contributed by atoms with van der Waals surface area (Å²) in [4.78, 5) is 0. The van der Waals surface area contributed by atoms with Crippen LogP contribution in [0.5, 0.6) is 11.5 Å². The Bertz CT molecular complexity index is 579. The third-order valence-electron chi connectivity index (χ3n) is 3.73. The molecule has 1 saturated heterocycles. The number of benzene rings is 1. The molecular weight excluding hydrogens is 324 g/mol. The van der Waals surface area contributed by atoms with Gasteiger partial charge in [-0.2, -0.15) is 0 Å². The standard InChI is InChI=1S/C14H18N2O3.BrH/c1-17-12-7-10-11(8-13(12)18-2)19-16-14(10)9-3-5-15-6-4-9;/h7-9,15H,3-6H2,1-2H3;1H. The van der Waals surface area contributed by atoms with E-state index < -0.39 is 0 Å². The number of nitrogens with zero attached hydrogens (tertiary/aromatic N) is 1. The number of methoxy groups -OCH3 is 2. The van der Waals surface area contributed by atoms with E-state index in [1.165, 1.54) is 0 Å². The van der Waals surface area contributed by atoms with Gasteiger partial charge in [-0.1, -0.05) is 5.16 Å². The first-order chi connectivity index (χ1) is 9.33. The van der Waals surface area contributed by atoms with Crippen molar-refractivity contribution in [1.82, 2.24) is 10.5 Å². The van der Waals surface area contributed by atoms with Crippen molar-refractivity contribution in [2.24, 2.45) is 0 Å². The summed E-state index contributed by atoms with van der Waals surface area (Å²) in [5.74, 6) is 1.84. The van der Waals surface area contributed by atoms with Gasteiger partial charge in [0.2, 0.25) is 0 Å². The Labute approximate surface area is 128 Å². The molecule has 1 aromatic carbocycles. The van der Waals surface area contributed by atoms with Gasteiger partial charge in [0.1, 0.15) is 0 Å². The van der Waals surface area contributed by atoms with Crippen molar-refractivity contribution in [3.05, 3.63) is 17.8 Å². The van der Waals surface area contributed by atoms with Gasteiger partial charge in [0, 0.05) is 17.4 Å². The SMILES string of the molecule is Br.COc1cc2onc(C3CCNCC3)c2cc1OC. The topological polar surface area (TPSA) is 56.5 Å². The lowest BCUT2D eigenvalue weighted by atomic mass is 9.92. The molecule has 0 saturated carbocycles. The molecular formula is C14H19BrN2O3. The summed E-state index contributed by atoms with van der Waals surface area (Å²) in [5, 5.41) is 8.65. The van der Waals surface area contributed by atoms with Gasteiger partial charge in [-0.25, -0.2) is 0 Å². The zero-order valence-corrected chi connectivity index (χ0v) is 13.4. The monoisotopic (exact) mass is 342 g/mol. The lowest BCUT2D eigenvalue weighted by molar-refractivity contribution is 0.354. The van der Waals surface area contributed by atoms with E-state index in [0.717, 1.165) is 42.6 Å². The summed E-state index contributed by atoms with van der Waals surface area (Å²) in [6, 6.07) is 3.80. The van der Waals surface area contributed by atoms with Crippen molar-refractivity contribution in [2.45, 2.75) is 18.8 Å². The van der Waals surface area contributed by atoms with Crippen molar-refractivity contribution >= 4 is 28.0 Å². The summed E-state index contributed by atoms with van der Waals surface area (Å²) >= 11 is 0. The molecule has 6 heteroatoms. The van der Waals surface area contributed by atoms with Gasteiger partial charge in [-0.3, -0.25) is 0 Å². The van der Waals surface area contributed by atoms with Crippen LogP contribution in [0.2, 0.25) is 0 Å². The van der Waals surface area contributed by atoms with Crippen LogP contribution in [0.15, 0.2) is 16.7 Å². The molecule has 0 unspecified atom stereocenters. The minimum Gasteiger partial charge on any atom is -0.493 e. The summed E-state index contributed by atoms with van der Waals surface area (Å²) in [7, 11) is 3.26. The Morgan fingerprint density at radius 1 is 1.15 bits per heavy atom. The van der Waals surface area contributed by atoms with Crippen molar-refractivity contribution in [1.29, 1.82) is 0 Å². The van der Waals surface area contributed by atoms with Gasteiger partial charge < -0.3 is 19.3 Å². The first-order valence-corrected chi connectivity index (χ1v) is 6.55. The molecule has 0 aliphatic carbocycles. The second-order valence-corrected chi connectivity index (χ2v) is 4.80. The fourth-order valence-electron chi connectivity index (χ4n) is 2.67. The Kier molecular flexibility index (Phi) is 4.88. The predicted octanol–water partition coefficient (Wildman–Crippen LogP) is 2.89. The predicted molar refractivity (Wildman–Crippen MR) is 82.3 cm³/mol. The molecule has 0 atom stereocenters. The normalized spacial score (nSPS) is 15.9. The number of halogens is 1. The van der Waals surface area contributed by atoms with Crippen LogP contribution in [0.4, 0.5) is 0 Å². The fraction of sp³-hybridized carbons (Fsp3) is 0.500. The molecule has 1 fully saturated rings. The average Bonchev–Trinajstić information content (AvgIpc) is 2.89. The van der Waals surface area contributed by atoms with Crippen molar-refractivity contribution in [2.75, 3.05) is 27.3 Å². The average molecular weight is 343 g/mol. The molecule has 0 bridgehead atoms. The molecule has 3 rings (SSSR count). The summed E-state index contributed by atoms with van der Waals surface area (Å²) < 4.78 is 16.1. The van der Waals surface area contributed by atoms with E-state index in [4.69, 9.17) is 14.0 Å². The van der Waals surface area contributed by atoms with Gasteiger partial charge in [-0.15, -0.1) is 17.0 Å². The Balaban J connectivity index is 0.00000147. The Hall–Kier alpha value is -1.27. The van der Waals surface area contributed by atoms with Crippen LogP contribution < -0.4 is 14.8 Å². The first kappa shape index (κ1) is 15.1. The number of piperidine rings is 1. The van der Waals surface area contributed by atoms with Gasteiger partial charge in [0.25, 0.3) is 0 Å². The van der Waals surface area contributed by atoms with E-state index in [1.807, 2.05) is 12.1 Å². The second-order valence-electron chi connectivity index (χ2n) is 4.80. The molecule has 1 aliphatic rings. The molecule has 0 radical (unpaired) electrons. The van der Waals surface area contributed by atoms with E-state index >= 15 is 0 Å². The number of rotatable bonds is 3. The minimum atomic E-state index is 0. The van der Waals surface area contributed by atoms with Crippen molar-refractivity contribution in [3.8, 4) is 11.5 Å². The zero-order valence-electron chi connectivity index (χ0n) is 11.6. The van der Waals surface area contributed by atoms with Crippen LogP contribution in [0.1, 0.15) is 24.5 Å². The van der Waals surface area contributed by atoms with E-state index in [0.29, 0.717) is 17.4 Å². The maximum atomic E-state index is 5.44. The Morgan fingerprint density at radius 2 is 1.80 bits per heavy atom.